The van der Waals surface area contributed by atoms with Crippen molar-refractivity contribution in [2.75, 3.05) is 13.2 Å². The first-order valence-electron chi connectivity index (χ1n) is 6.54. The van der Waals surface area contributed by atoms with E-state index < -0.39 is 5.82 Å². The van der Waals surface area contributed by atoms with Crippen LogP contribution in [0.1, 0.15) is 22.3 Å². The third-order valence-corrected chi connectivity index (χ3v) is 3.59. The summed E-state index contributed by atoms with van der Waals surface area (Å²) in [4.78, 5) is 12.4. The molecule has 0 atom stereocenters. The number of hydrogen-bond acceptors (Lipinski definition) is 3. The molecule has 0 bridgehead atoms. The Hall–Kier alpha value is -1.88. The second-order valence-corrected chi connectivity index (χ2v) is 5.61. The summed E-state index contributed by atoms with van der Waals surface area (Å²) in [7, 11) is 0. The maximum absolute atomic E-state index is 13.4. The molecular formula is C16H12BrFO3. The van der Waals surface area contributed by atoms with Gasteiger partial charge in [-0.1, -0.05) is 15.9 Å². The number of benzene rings is 2. The van der Waals surface area contributed by atoms with Crippen molar-refractivity contribution >= 4 is 21.7 Å². The van der Waals surface area contributed by atoms with Gasteiger partial charge in [0.15, 0.2) is 17.3 Å². The average Bonchev–Trinajstić information content (AvgIpc) is 2.69. The maximum atomic E-state index is 13.4. The lowest BCUT2D eigenvalue weighted by Gasteiger charge is -2.09. The molecule has 1 heterocycles. The SMILES string of the molecule is O=C(c1cc(F)cc(Br)c1)c1ccc2c(c1)OCCCO2. The lowest BCUT2D eigenvalue weighted by atomic mass is 10.0. The minimum Gasteiger partial charge on any atom is -0.490 e. The first-order chi connectivity index (χ1) is 10.1. The van der Waals surface area contributed by atoms with Crippen LogP contribution in [0, 0.1) is 5.82 Å². The van der Waals surface area contributed by atoms with E-state index in [0.29, 0.717) is 34.7 Å². The number of carbonyl (C=O) groups is 1. The van der Waals surface area contributed by atoms with E-state index in [1.807, 2.05) is 0 Å². The minimum atomic E-state index is -0.456. The van der Waals surface area contributed by atoms with Crippen LogP contribution in [0.15, 0.2) is 40.9 Å². The van der Waals surface area contributed by atoms with Crippen molar-refractivity contribution in [2.24, 2.45) is 0 Å². The number of rotatable bonds is 2. The van der Waals surface area contributed by atoms with Gasteiger partial charge in [-0.15, -0.1) is 0 Å². The summed E-state index contributed by atoms with van der Waals surface area (Å²) in [5.74, 6) is 0.464. The average molecular weight is 351 g/mol. The molecule has 0 saturated carbocycles. The van der Waals surface area contributed by atoms with Crippen molar-refractivity contribution < 1.29 is 18.7 Å². The second kappa shape index (κ2) is 5.85. The minimum absolute atomic E-state index is 0.258. The first-order valence-corrected chi connectivity index (χ1v) is 7.33. The second-order valence-electron chi connectivity index (χ2n) is 4.70. The Bertz CT molecular complexity index is 680. The highest BCUT2D eigenvalue weighted by atomic mass is 79.9. The summed E-state index contributed by atoms with van der Waals surface area (Å²) in [6, 6.07) is 9.13. The zero-order chi connectivity index (χ0) is 14.8. The van der Waals surface area contributed by atoms with E-state index in [2.05, 4.69) is 15.9 Å². The van der Waals surface area contributed by atoms with Gasteiger partial charge in [-0.3, -0.25) is 4.79 Å². The predicted molar refractivity (Wildman–Crippen MR) is 79.6 cm³/mol. The van der Waals surface area contributed by atoms with Gasteiger partial charge in [-0.05, 0) is 36.4 Å². The van der Waals surface area contributed by atoms with Crippen LogP contribution in [-0.2, 0) is 0 Å². The van der Waals surface area contributed by atoms with Crippen LogP contribution in [0.3, 0.4) is 0 Å². The standard InChI is InChI=1S/C16H12BrFO3/c17-12-6-11(7-13(18)9-12)16(19)10-2-3-14-15(8-10)21-5-1-4-20-14/h2-3,6-9H,1,4-5H2. The van der Waals surface area contributed by atoms with E-state index in [-0.39, 0.29) is 11.3 Å². The smallest absolute Gasteiger partial charge is 0.193 e. The van der Waals surface area contributed by atoms with Crippen LogP contribution in [-0.4, -0.2) is 19.0 Å². The van der Waals surface area contributed by atoms with Crippen molar-refractivity contribution in [3.05, 3.63) is 57.8 Å². The Labute approximate surface area is 129 Å². The zero-order valence-electron chi connectivity index (χ0n) is 11.1. The molecule has 3 rings (SSSR count). The number of ketones is 1. The molecule has 0 unspecified atom stereocenters. The maximum Gasteiger partial charge on any atom is 0.193 e. The van der Waals surface area contributed by atoms with Crippen LogP contribution in [0.4, 0.5) is 4.39 Å². The molecule has 1 aliphatic heterocycles. The molecule has 2 aromatic carbocycles. The zero-order valence-corrected chi connectivity index (χ0v) is 12.7. The first kappa shape index (κ1) is 14.1. The van der Waals surface area contributed by atoms with Gasteiger partial charge >= 0.3 is 0 Å². The molecule has 0 aromatic heterocycles. The lowest BCUT2D eigenvalue weighted by Crippen LogP contribution is -2.03. The molecule has 1 aliphatic rings. The molecule has 108 valence electrons. The van der Waals surface area contributed by atoms with Crippen molar-refractivity contribution in [1.29, 1.82) is 0 Å². The summed E-state index contributed by atoms with van der Waals surface area (Å²) in [5.41, 5.74) is 0.730. The van der Waals surface area contributed by atoms with Gasteiger partial charge in [0.2, 0.25) is 0 Å². The van der Waals surface area contributed by atoms with Crippen LogP contribution < -0.4 is 9.47 Å². The van der Waals surface area contributed by atoms with Gasteiger partial charge in [-0.2, -0.15) is 0 Å². The van der Waals surface area contributed by atoms with Gasteiger partial charge in [-0.25, -0.2) is 4.39 Å². The fraction of sp³-hybridized carbons (Fsp3) is 0.188. The molecule has 2 aromatic rings. The van der Waals surface area contributed by atoms with E-state index in [1.165, 1.54) is 12.1 Å². The van der Waals surface area contributed by atoms with Crippen LogP contribution >= 0.6 is 15.9 Å². The summed E-state index contributed by atoms with van der Waals surface area (Å²) in [6.45, 7) is 1.15. The van der Waals surface area contributed by atoms with Gasteiger partial charge in [0.1, 0.15) is 5.82 Å². The van der Waals surface area contributed by atoms with E-state index in [9.17, 15) is 9.18 Å². The normalized spacial score (nSPS) is 13.6. The molecule has 0 aliphatic carbocycles. The monoisotopic (exact) mass is 350 g/mol. The highest BCUT2D eigenvalue weighted by Gasteiger charge is 2.16. The largest absolute Gasteiger partial charge is 0.490 e. The molecule has 0 spiro atoms. The van der Waals surface area contributed by atoms with Gasteiger partial charge in [0, 0.05) is 22.0 Å². The Kier molecular flexibility index (Phi) is 3.92. The molecule has 0 radical (unpaired) electrons. The summed E-state index contributed by atoms with van der Waals surface area (Å²) < 4.78 is 25.0. The highest BCUT2D eigenvalue weighted by Crippen LogP contribution is 2.31. The van der Waals surface area contributed by atoms with Gasteiger partial charge in [0.25, 0.3) is 0 Å². The van der Waals surface area contributed by atoms with Crippen molar-refractivity contribution in [1.82, 2.24) is 0 Å². The molecule has 0 fully saturated rings. The molecule has 0 saturated heterocycles. The third kappa shape index (κ3) is 3.08. The highest BCUT2D eigenvalue weighted by molar-refractivity contribution is 9.10. The quantitative estimate of drug-likeness (QED) is 0.768. The number of carbonyl (C=O) groups excluding carboxylic acids is 1. The Balaban J connectivity index is 1.96. The molecule has 21 heavy (non-hydrogen) atoms. The summed E-state index contributed by atoms with van der Waals surface area (Å²) >= 11 is 3.19. The van der Waals surface area contributed by atoms with E-state index in [4.69, 9.17) is 9.47 Å². The molecule has 3 nitrogen and oxygen atoms in total. The molecule has 0 N–H and O–H groups in total. The Morgan fingerprint density at radius 2 is 1.76 bits per heavy atom. The number of halogens is 2. The third-order valence-electron chi connectivity index (χ3n) is 3.13. The van der Waals surface area contributed by atoms with E-state index in [0.717, 1.165) is 6.42 Å². The number of ether oxygens (including phenoxy) is 2. The van der Waals surface area contributed by atoms with E-state index in [1.54, 1.807) is 24.3 Å². The van der Waals surface area contributed by atoms with Crippen LogP contribution in [0.5, 0.6) is 11.5 Å². The van der Waals surface area contributed by atoms with Gasteiger partial charge < -0.3 is 9.47 Å². The number of fused-ring (bicyclic) bond motifs is 1. The molecule has 0 amide bonds. The Morgan fingerprint density at radius 1 is 1.00 bits per heavy atom. The lowest BCUT2D eigenvalue weighted by molar-refractivity contribution is 0.103. The van der Waals surface area contributed by atoms with Crippen molar-refractivity contribution in [2.45, 2.75) is 6.42 Å². The fourth-order valence-electron chi connectivity index (χ4n) is 2.16. The summed E-state index contributed by atoms with van der Waals surface area (Å²) in [5, 5.41) is 0. The molecule has 5 heteroatoms. The van der Waals surface area contributed by atoms with Crippen molar-refractivity contribution in [3.8, 4) is 11.5 Å². The van der Waals surface area contributed by atoms with Crippen LogP contribution in [0.2, 0.25) is 0 Å². The van der Waals surface area contributed by atoms with E-state index >= 15 is 0 Å². The molecular weight excluding hydrogens is 339 g/mol. The fourth-order valence-corrected chi connectivity index (χ4v) is 2.62. The van der Waals surface area contributed by atoms with Gasteiger partial charge in [0.05, 0.1) is 13.2 Å². The predicted octanol–water partition coefficient (Wildman–Crippen LogP) is 3.98. The van der Waals surface area contributed by atoms with Crippen LogP contribution in [0.25, 0.3) is 0 Å². The summed E-state index contributed by atoms with van der Waals surface area (Å²) in [6.07, 6.45) is 0.800. The topological polar surface area (TPSA) is 35.5 Å². The number of hydrogen-bond donors (Lipinski definition) is 0. The van der Waals surface area contributed by atoms with Crippen molar-refractivity contribution in [3.63, 3.8) is 0 Å². The Morgan fingerprint density at radius 3 is 2.52 bits per heavy atom.